The van der Waals surface area contributed by atoms with Crippen LogP contribution in [-0.4, -0.2) is 24.2 Å². The first kappa shape index (κ1) is 12.3. The highest BCUT2D eigenvalue weighted by atomic mass is 16.5. The molecular formula is C12H15NO3. The van der Waals surface area contributed by atoms with E-state index in [4.69, 9.17) is 15.6 Å². The second-order valence-corrected chi connectivity index (χ2v) is 3.23. The molecule has 1 rings (SSSR count). The van der Waals surface area contributed by atoms with Crippen LogP contribution in [-0.2, 0) is 4.79 Å². The summed E-state index contributed by atoms with van der Waals surface area (Å²) in [4.78, 5) is 10.3. The molecule has 0 unspecified atom stereocenters. The van der Waals surface area contributed by atoms with Crippen LogP contribution in [0.25, 0.3) is 6.08 Å². The van der Waals surface area contributed by atoms with Crippen molar-refractivity contribution in [1.29, 1.82) is 0 Å². The first-order valence-corrected chi connectivity index (χ1v) is 5.06. The van der Waals surface area contributed by atoms with E-state index in [0.29, 0.717) is 13.2 Å². The monoisotopic (exact) mass is 221 g/mol. The maximum absolute atomic E-state index is 10.3. The van der Waals surface area contributed by atoms with Gasteiger partial charge in [-0.1, -0.05) is 12.1 Å². The van der Waals surface area contributed by atoms with Gasteiger partial charge in [0.1, 0.15) is 5.75 Å². The van der Waals surface area contributed by atoms with Gasteiger partial charge in [-0.25, -0.2) is 4.79 Å². The molecule has 0 radical (unpaired) electrons. The Morgan fingerprint density at radius 2 is 2.31 bits per heavy atom. The standard InChI is InChI=1S/C12H15NO3/c13-7-2-8-16-11-4-1-3-10(9-11)5-6-12(14)15/h1,3-6,9H,2,7-8,13H2,(H,14,15). The Labute approximate surface area is 94.3 Å². The third kappa shape index (κ3) is 4.61. The van der Waals surface area contributed by atoms with Gasteiger partial charge < -0.3 is 15.6 Å². The molecule has 0 atom stereocenters. The normalized spacial score (nSPS) is 10.6. The SMILES string of the molecule is NCCCOc1cccc(C=CC(=O)O)c1. The van der Waals surface area contributed by atoms with Crippen molar-refractivity contribution in [2.24, 2.45) is 5.73 Å². The lowest BCUT2D eigenvalue weighted by Crippen LogP contribution is -2.06. The smallest absolute Gasteiger partial charge is 0.328 e. The molecule has 0 fully saturated rings. The fraction of sp³-hybridized carbons (Fsp3) is 0.250. The quantitative estimate of drug-likeness (QED) is 0.564. The molecule has 4 nitrogen and oxygen atoms in total. The number of aliphatic carboxylic acids is 1. The minimum atomic E-state index is -0.963. The summed E-state index contributed by atoms with van der Waals surface area (Å²) in [7, 11) is 0. The van der Waals surface area contributed by atoms with E-state index in [9.17, 15) is 4.79 Å². The molecule has 0 spiro atoms. The van der Waals surface area contributed by atoms with Crippen LogP contribution in [0, 0.1) is 0 Å². The number of hydrogen-bond donors (Lipinski definition) is 2. The molecule has 0 heterocycles. The number of rotatable bonds is 6. The Hall–Kier alpha value is -1.81. The summed E-state index contributed by atoms with van der Waals surface area (Å²) in [5.41, 5.74) is 6.15. The maximum atomic E-state index is 10.3. The second-order valence-electron chi connectivity index (χ2n) is 3.23. The van der Waals surface area contributed by atoms with Crippen molar-refractivity contribution in [2.45, 2.75) is 6.42 Å². The lowest BCUT2D eigenvalue weighted by Gasteiger charge is -2.05. The van der Waals surface area contributed by atoms with Gasteiger partial charge in [0.15, 0.2) is 0 Å². The van der Waals surface area contributed by atoms with Crippen LogP contribution in [0.5, 0.6) is 5.75 Å². The zero-order valence-corrected chi connectivity index (χ0v) is 8.93. The Bertz CT molecular complexity index is 374. The molecule has 0 aliphatic rings. The van der Waals surface area contributed by atoms with E-state index in [1.54, 1.807) is 6.07 Å². The molecule has 4 heteroatoms. The highest BCUT2D eigenvalue weighted by Gasteiger charge is 1.95. The van der Waals surface area contributed by atoms with E-state index in [1.165, 1.54) is 6.08 Å². The summed E-state index contributed by atoms with van der Waals surface area (Å²) in [6, 6.07) is 7.25. The van der Waals surface area contributed by atoms with Crippen molar-refractivity contribution in [2.75, 3.05) is 13.2 Å². The topological polar surface area (TPSA) is 72.5 Å². The molecule has 0 amide bonds. The molecule has 0 aliphatic carbocycles. The van der Waals surface area contributed by atoms with Crippen molar-refractivity contribution >= 4 is 12.0 Å². The molecular weight excluding hydrogens is 206 g/mol. The summed E-state index contributed by atoms with van der Waals surface area (Å²) >= 11 is 0. The average Bonchev–Trinajstić information content (AvgIpc) is 2.27. The Balaban J connectivity index is 2.60. The van der Waals surface area contributed by atoms with E-state index >= 15 is 0 Å². The van der Waals surface area contributed by atoms with Crippen LogP contribution < -0.4 is 10.5 Å². The number of nitrogens with two attached hydrogens (primary N) is 1. The van der Waals surface area contributed by atoms with Gasteiger partial charge in [-0.05, 0) is 36.7 Å². The predicted molar refractivity (Wildman–Crippen MR) is 62.3 cm³/mol. The van der Waals surface area contributed by atoms with Gasteiger partial charge in [0.2, 0.25) is 0 Å². The van der Waals surface area contributed by atoms with Gasteiger partial charge in [0.25, 0.3) is 0 Å². The van der Waals surface area contributed by atoms with E-state index in [1.807, 2.05) is 18.2 Å². The fourth-order valence-electron chi connectivity index (χ4n) is 1.15. The number of carbonyl (C=O) groups is 1. The molecule has 0 saturated heterocycles. The molecule has 3 N–H and O–H groups in total. The second kappa shape index (κ2) is 6.63. The molecule has 0 bridgehead atoms. The largest absolute Gasteiger partial charge is 0.494 e. The summed E-state index contributed by atoms with van der Waals surface area (Å²) in [5, 5.41) is 8.49. The summed E-state index contributed by atoms with van der Waals surface area (Å²) in [6.07, 6.45) is 3.42. The number of ether oxygens (including phenoxy) is 1. The molecule has 1 aromatic carbocycles. The lowest BCUT2D eigenvalue weighted by atomic mass is 10.2. The Kier molecular flexibility index (Phi) is 5.08. The third-order valence-electron chi connectivity index (χ3n) is 1.89. The van der Waals surface area contributed by atoms with Crippen LogP contribution in [0.1, 0.15) is 12.0 Å². The van der Waals surface area contributed by atoms with Gasteiger partial charge in [-0.15, -0.1) is 0 Å². The zero-order chi connectivity index (χ0) is 11.8. The molecule has 0 saturated carbocycles. The first-order chi connectivity index (χ1) is 7.72. The molecule has 0 aliphatic heterocycles. The van der Waals surface area contributed by atoms with Crippen molar-refractivity contribution in [3.8, 4) is 5.75 Å². The number of carboxylic acids is 1. The first-order valence-electron chi connectivity index (χ1n) is 5.06. The fourth-order valence-corrected chi connectivity index (χ4v) is 1.15. The lowest BCUT2D eigenvalue weighted by molar-refractivity contribution is -0.131. The number of benzene rings is 1. The summed E-state index contributed by atoms with van der Waals surface area (Å²) < 4.78 is 5.43. The van der Waals surface area contributed by atoms with Crippen LogP contribution in [0.15, 0.2) is 30.3 Å². The van der Waals surface area contributed by atoms with Crippen LogP contribution >= 0.6 is 0 Å². The van der Waals surface area contributed by atoms with Crippen molar-refractivity contribution in [3.05, 3.63) is 35.9 Å². The van der Waals surface area contributed by atoms with E-state index in [-0.39, 0.29) is 0 Å². The van der Waals surface area contributed by atoms with Crippen LogP contribution in [0.3, 0.4) is 0 Å². The van der Waals surface area contributed by atoms with Gasteiger partial charge in [0.05, 0.1) is 6.61 Å². The average molecular weight is 221 g/mol. The maximum Gasteiger partial charge on any atom is 0.328 e. The Morgan fingerprint density at radius 1 is 1.50 bits per heavy atom. The van der Waals surface area contributed by atoms with Crippen molar-refractivity contribution in [1.82, 2.24) is 0 Å². The predicted octanol–water partition coefficient (Wildman–Crippen LogP) is 1.51. The molecule has 86 valence electrons. The van der Waals surface area contributed by atoms with Crippen LogP contribution in [0.2, 0.25) is 0 Å². The van der Waals surface area contributed by atoms with Crippen LogP contribution in [0.4, 0.5) is 0 Å². The minimum absolute atomic E-state index is 0.572. The number of carboxylic acid groups (broad SMARTS) is 1. The van der Waals surface area contributed by atoms with Gasteiger partial charge in [-0.2, -0.15) is 0 Å². The van der Waals surface area contributed by atoms with Gasteiger partial charge >= 0.3 is 5.97 Å². The Morgan fingerprint density at radius 3 is 3.00 bits per heavy atom. The van der Waals surface area contributed by atoms with E-state index in [0.717, 1.165) is 23.8 Å². The molecule has 1 aromatic rings. The molecule has 16 heavy (non-hydrogen) atoms. The highest BCUT2D eigenvalue weighted by molar-refractivity contribution is 5.85. The summed E-state index contributed by atoms with van der Waals surface area (Å²) in [5.74, 6) is -0.240. The zero-order valence-electron chi connectivity index (χ0n) is 8.93. The van der Waals surface area contributed by atoms with Crippen molar-refractivity contribution < 1.29 is 14.6 Å². The highest BCUT2D eigenvalue weighted by Crippen LogP contribution is 2.14. The third-order valence-corrected chi connectivity index (χ3v) is 1.89. The van der Waals surface area contributed by atoms with Crippen molar-refractivity contribution in [3.63, 3.8) is 0 Å². The van der Waals surface area contributed by atoms with Gasteiger partial charge in [0, 0.05) is 6.08 Å². The van der Waals surface area contributed by atoms with Gasteiger partial charge in [-0.3, -0.25) is 0 Å². The summed E-state index contributed by atoms with van der Waals surface area (Å²) in [6.45, 7) is 1.17. The van der Waals surface area contributed by atoms with E-state index in [2.05, 4.69) is 0 Å². The molecule has 0 aromatic heterocycles. The van der Waals surface area contributed by atoms with E-state index < -0.39 is 5.97 Å². The minimum Gasteiger partial charge on any atom is -0.494 e. The number of hydrogen-bond acceptors (Lipinski definition) is 3.